The second kappa shape index (κ2) is 4.34. The zero-order valence-corrected chi connectivity index (χ0v) is 5.56. The summed E-state index contributed by atoms with van der Waals surface area (Å²) < 4.78 is 0. The molecule has 0 aliphatic carbocycles. The van der Waals surface area contributed by atoms with Crippen LogP contribution in [0.2, 0.25) is 0 Å². The van der Waals surface area contributed by atoms with Crippen molar-refractivity contribution in [1.82, 2.24) is 0 Å². The van der Waals surface area contributed by atoms with Crippen LogP contribution in [-0.2, 0) is 0 Å². The molecule has 0 fully saturated rings. The maximum absolute atomic E-state index is 5.33. The number of rotatable bonds is 3. The van der Waals surface area contributed by atoms with Crippen molar-refractivity contribution in [3.63, 3.8) is 0 Å². The van der Waals surface area contributed by atoms with Gasteiger partial charge in [0.05, 0.1) is 4.99 Å². The van der Waals surface area contributed by atoms with Gasteiger partial charge in [-0.25, -0.2) is 0 Å². The van der Waals surface area contributed by atoms with E-state index in [2.05, 4.69) is 12.2 Å². The standard InChI is InChI=1S/C4H8ClNS/c5-3-1-2-4(6)7/h1-3H2,(H2,6,7). The molecule has 0 amide bonds. The minimum atomic E-state index is 0.556. The Morgan fingerprint density at radius 3 is 2.43 bits per heavy atom. The Kier molecular flexibility index (Phi) is 4.45. The lowest BCUT2D eigenvalue weighted by Gasteiger charge is -1.89. The van der Waals surface area contributed by atoms with Crippen LogP contribution in [0.1, 0.15) is 12.8 Å². The molecule has 1 nitrogen and oxygen atoms in total. The fourth-order valence-electron chi connectivity index (χ4n) is 0.241. The highest BCUT2D eigenvalue weighted by molar-refractivity contribution is 7.80. The summed E-state index contributed by atoms with van der Waals surface area (Å²) in [6, 6.07) is 0. The van der Waals surface area contributed by atoms with Gasteiger partial charge < -0.3 is 5.73 Å². The van der Waals surface area contributed by atoms with Gasteiger partial charge in [0.2, 0.25) is 0 Å². The average molecular weight is 138 g/mol. The smallest absolute Gasteiger partial charge is 0.0727 e. The topological polar surface area (TPSA) is 26.0 Å². The second-order valence-electron chi connectivity index (χ2n) is 1.26. The molecule has 0 unspecified atom stereocenters. The highest BCUT2D eigenvalue weighted by Gasteiger charge is 1.84. The molecule has 0 aliphatic heterocycles. The molecule has 0 aromatic heterocycles. The van der Waals surface area contributed by atoms with Gasteiger partial charge >= 0.3 is 0 Å². The number of nitrogens with two attached hydrogens (primary N) is 1. The quantitative estimate of drug-likeness (QED) is 0.469. The summed E-state index contributed by atoms with van der Waals surface area (Å²) in [6.07, 6.45) is 1.68. The van der Waals surface area contributed by atoms with Gasteiger partial charge in [-0.3, -0.25) is 0 Å². The second-order valence-corrected chi connectivity index (χ2v) is 2.16. The van der Waals surface area contributed by atoms with E-state index in [1.807, 2.05) is 0 Å². The molecule has 0 radical (unpaired) electrons. The number of thiocarbonyl (C=S) groups is 1. The molecule has 0 aromatic rings. The molecule has 2 N–H and O–H groups in total. The summed E-state index contributed by atoms with van der Waals surface area (Å²) in [6.45, 7) is 0. The lowest BCUT2D eigenvalue weighted by molar-refractivity contribution is 1.01. The Balaban J connectivity index is 2.82. The fraction of sp³-hybridized carbons (Fsp3) is 0.750. The van der Waals surface area contributed by atoms with Crippen molar-refractivity contribution in [1.29, 1.82) is 0 Å². The van der Waals surface area contributed by atoms with Crippen LogP contribution in [0.4, 0.5) is 0 Å². The minimum absolute atomic E-state index is 0.556. The van der Waals surface area contributed by atoms with Crippen molar-refractivity contribution >= 4 is 28.8 Å². The molecule has 0 rings (SSSR count). The van der Waals surface area contributed by atoms with Crippen LogP contribution < -0.4 is 5.73 Å². The van der Waals surface area contributed by atoms with E-state index in [9.17, 15) is 0 Å². The van der Waals surface area contributed by atoms with E-state index in [0.29, 0.717) is 10.9 Å². The maximum atomic E-state index is 5.33. The van der Waals surface area contributed by atoms with Crippen LogP contribution >= 0.6 is 23.8 Å². The van der Waals surface area contributed by atoms with Gasteiger partial charge in [-0.15, -0.1) is 11.6 Å². The van der Waals surface area contributed by atoms with E-state index in [4.69, 9.17) is 17.3 Å². The Hall–Kier alpha value is 0.180. The van der Waals surface area contributed by atoms with Gasteiger partial charge in [-0.1, -0.05) is 12.2 Å². The van der Waals surface area contributed by atoms with Crippen molar-refractivity contribution in [2.45, 2.75) is 12.8 Å². The largest absolute Gasteiger partial charge is 0.393 e. The molecule has 42 valence electrons. The van der Waals surface area contributed by atoms with Crippen LogP contribution in [0.15, 0.2) is 0 Å². The van der Waals surface area contributed by atoms with Crippen LogP contribution in [0.25, 0.3) is 0 Å². The van der Waals surface area contributed by atoms with Crippen LogP contribution in [0.3, 0.4) is 0 Å². The van der Waals surface area contributed by atoms with Crippen molar-refractivity contribution < 1.29 is 0 Å². The third-order valence-corrected chi connectivity index (χ3v) is 1.03. The summed E-state index contributed by atoms with van der Waals surface area (Å²) in [5, 5.41) is 0. The van der Waals surface area contributed by atoms with Crippen molar-refractivity contribution in [2.24, 2.45) is 5.73 Å². The molecule has 0 bridgehead atoms. The Morgan fingerprint density at radius 1 is 1.71 bits per heavy atom. The highest BCUT2D eigenvalue weighted by atomic mass is 35.5. The molecule has 0 aromatic carbocycles. The fourth-order valence-corrected chi connectivity index (χ4v) is 0.519. The van der Waals surface area contributed by atoms with E-state index in [1.165, 1.54) is 0 Å². The monoisotopic (exact) mass is 137 g/mol. The Bertz CT molecular complexity index is 64.7. The SMILES string of the molecule is NC(=S)CCCCl. The van der Waals surface area contributed by atoms with Gasteiger partial charge in [-0.05, 0) is 12.8 Å². The normalized spacial score (nSPS) is 8.71. The van der Waals surface area contributed by atoms with Crippen molar-refractivity contribution in [2.75, 3.05) is 5.88 Å². The summed E-state index contributed by atoms with van der Waals surface area (Å²) in [4.78, 5) is 0.556. The van der Waals surface area contributed by atoms with E-state index in [-0.39, 0.29) is 0 Å². The van der Waals surface area contributed by atoms with Gasteiger partial charge in [-0.2, -0.15) is 0 Å². The Labute approximate surface area is 53.8 Å². The lowest BCUT2D eigenvalue weighted by Crippen LogP contribution is -2.06. The molecule has 0 saturated carbocycles. The Morgan fingerprint density at radius 2 is 2.29 bits per heavy atom. The van der Waals surface area contributed by atoms with Crippen LogP contribution in [0.5, 0.6) is 0 Å². The molecule has 3 heteroatoms. The first-order chi connectivity index (χ1) is 3.27. The summed E-state index contributed by atoms with van der Waals surface area (Å²) in [5.74, 6) is 0.650. The van der Waals surface area contributed by atoms with E-state index < -0.39 is 0 Å². The lowest BCUT2D eigenvalue weighted by atomic mass is 10.3. The van der Waals surface area contributed by atoms with E-state index in [1.54, 1.807) is 0 Å². The van der Waals surface area contributed by atoms with Gasteiger partial charge in [0.1, 0.15) is 0 Å². The molecular weight excluding hydrogens is 130 g/mol. The van der Waals surface area contributed by atoms with Gasteiger partial charge in [0, 0.05) is 5.88 Å². The third kappa shape index (κ3) is 6.18. The van der Waals surface area contributed by atoms with Gasteiger partial charge in [0.25, 0.3) is 0 Å². The molecule has 0 saturated heterocycles. The van der Waals surface area contributed by atoms with Crippen LogP contribution in [-0.4, -0.2) is 10.9 Å². The summed E-state index contributed by atoms with van der Waals surface area (Å²) >= 11 is 9.91. The molecule has 0 atom stereocenters. The number of halogens is 1. The predicted octanol–water partition coefficient (Wildman–Crippen LogP) is 1.29. The molecule has 0 spiro atoms. The number of alkyl halides is 1. The molecule has 0 heterocycles. The van der Waals surface area contributed by atoms with E-state index >= 15 is 0 Å². The summed E-state index contributed by atoms with van der Waals surface area (Å²) in [7, 11) is 0. The molecule has 0 aliphatic rings. The van der Waals surface area contributed by atoms with Gasteiger partial charge in [0.15, 0.2) is 0 Å². The first kappa shape index (κ1) is 7.18. The van der Waals surface area contributed by atoms with Crippen LogP contribution in [0, 0.1) is 0 Å². The maximum Gasteiger partial charge on any atom is 0.0727 e. The first-order valence-electron chi connectivity index (χ1n) is 2.11. The zero-order chi connectivity index (χ0) is 5.70. The van der Waals surface area contributed by atoms with Crippen molar-refractivity contribution in [3.05, 3.63) is 0 Å². The predicted molar refractivity (Wildman–Crippen MR) is 36.7 cm³/mol. The average Bonchev–Trinajstić information content (AvgIpc) is 1.61. The molecule has 7 heavy (non-hydrogen) atoms. The highest BCUT2D eigenvalue weighted by Crippen LogP contribution is 1.90. The first-order valence-corrected chi connectivity index (χ1v) is 3.06. The van der Waals surface area contributed by atoms with E-state index in [0.717, 1.165) is 12.8 Å². The zero-order valence-electron chi connectivity index (χ0n) is 3.98. The summed E-state index contributed by atoms with van der Waals surface area (Å²) in [5.41, 5.74) is 5.15. The minimum Gasteiger partial charge on any atom is -0.393 e. The molecular formula is C4H8ClNS. The number of hydrogen-bond donors (Lipinski definition) is 1. The number of hydrogen-bond acceptors (Lipinski definition) is 1. The third-order valence-electron chi connectivity index (χ3n) is 0.557. The van der Waals surface area contributed by atoms with Crippen molar-refractivity contribution in [3.8, 4) is 0 Å².